The topological polar surface area (TPSA) is 12.5 Å². The Labute approximate surface area is 89.5 Å². The lowest BCUT2D eigenvalue weighted by Gasteiger charge is -2.32. The first-order valence-corrected chi connectivity index (χ1v) is 5.16. The molecular formula is C11H14ClNO. The number of rotatable bonds is 1. The Morgan fingerprint density at radius 1 is 1.43 bits per heavy atom. The van der Waals surface area contributed by atoms with Crippen LogP contribution in [0.5, 0.6) is 5.75 Å². The molecule has 0 fully saturated rings. The van der Waals surface area contributed by atoms with Gasteiger partial charge in [0.05, 0.1) is 12.1 Å². The standard InChI is InChI=1S/C11H14ClNO/c1-8-7-10(13(2)12)9-5-3-4-6-11(9)14-8/h3-6,8,10H,7H2,1-2H3/t8-,10+/m1/s1. The van der Waals surface area contributed by atoms with Crippen LogP contribution >= 0.6 is 11.8 Å². The van der Waals surface area contributed by atoms with Gasteiger partial charge >= 0.3 is 0 Å². The second-order valence-electron chi connectivity index (χ2n) is 3.74. The molecule has 0 amide bonds. The Morgan fingerprint density at radius 3 is 2.86 bits per heavy atom. The fourth-order valence-corrected chi connectivity index (χ4v) is 2.09. The molecule has 0 unspecified atom stereocenters. The first-order valence-electron chi connectivity index (χ1n) is 4.82. The van der Waals surface area contributed by atoms with E-state index in [-0.39, 0.29) is 12.1 Å². The van der Waals surface area contributed by atoms with Gasteiger partial charge in [0.15, 0.2) is 0 Å². The van der Waals surface area contributed by atoms with E-state index in [0.29, 0.717) is 0 Å². The summed E-state index contributed by atoms with van der Waals surface area (Å²) >= 11 is 6.03. The van der Waals surface area contributed by atoms with Gasteiger partial charge in [-0.3, -0.25) is 0 Å². The van der Waals surface area contributed by atoms with Gasteiger partial charge in [0.1, 0.15) is 5.75 Å². The molecule has 0 aliphatic carbocycles. The van der Waals surface area contributed by atoms with Gasteiger partial charge in [0, 0.05) is 19.0 Å². The maximum atomic E-state index is 6.03. The van der Waals surface area contributed by atoms with Crippen molar-refractivity contribution in [1.82, 2.24) is 4.42 Å². The van der Waals surface area contributed by atoms with Gasteiger partial charge in [0.2, 0.25) is 0 Å². The minimum absolute atomic E-state index is 0.232. The number of halogens is 1. The van der Waals surface area contributed by atoms with Crippen molar-refractivity contribution in [1.29, 1.82) is 0 Å². The SMILES string of the molecule is C[C@@H]1C[C@H](N(C)Cl)c2ccccc2O1. The molecule has 1 aromatic carbocycles. The number of ether oxygens (including phenoxy) is 1. The molecule has 2 atom stereocenters. The Kier molecular flexibility index (Phi) is 2.66. The second-order valence-corrected chi connectivity index (χ2v) is 4.28. The van der Waals surface area contributed by atoms with Crippen molar-refractivity contribution in [3.63, 3.8) is 0 Å². The first-order chi connectivity index (χ1) is 6.68. The number of nitrogens with zero attached hydrogens (tertiary/aromatic N) is 1. The first kappa shape index (κ1) is 9.81. The van der Waals surface area contributed by atoms with E-state index in [2.05, 4.69) is 13.0 Å². The smallest absolute Gasteiger partial charge is 0.124 e. The molecule has 0 bridgehead atoms. The zero-order valence-corrected chi connectivity index (χ0v) is 9.16. The predicted molar refractivity (Wildman–Crippen MR) is 57.5 cm³/mol. The zero-order valence-electron chi connectivity index (χ0n) is 8.40. The van der Waals surface area contributed by atoms with Crippen LogP contribution in [0, 0.1) is 0 Å². The highest BCUT2D eigenvalue weighted by molar-refractivity contribution is 6.13. The molecule has 0 saturated carbocycles. The van der Waals surface area contributed by atoms with Gasteiger partial charge in [-0.1, -0.05) is 18.2 Å². The van der Waals surface area contributed by atoms with E-state index < -0.39 is 0 Å². The van der Waals surface area contributed by atoms with E-state index in [4.69, 9.17) is 16.5 Å². The van der Waals surface area contributed by atoms with Crippen LogP contribution in [-0.2, 0) is 0 Å². The second kappa shape index (κ2) is 3.79. The molecule has 1 aliphatic rings. The van der Waals surface area contributed by atoms with Crippen molar-refractivity contribution in [2.75, 3.05) is 7.05 Å². The van der Waals surface area contributed by atoms with Crippen molar-refractivity contribution in [2.24, 2.45) is 0 Å². The molecule has 0 N–H and O–H groups in total. The van der Waals surface area contributed by atoms with E-state index in [9.17, 15) is 0 Å². The van der Waals surface area contributed by atoms with Crippen LogP contribution in [0.25, 0.3) is 0 Å². The molecule has 1 aromatic rings. The quantitative estimate of drug-likeness (QED) is 0.663. The lowest BCUT2D eigenvalue weighted by Crippen LogP contribution is -2.28. The van der Waals surface area contributed by atoms with Crippen molar-refractivity contribution >= 4 is 11.8 Å². The van der Waals surface area contributed by atoms with Crippen LogP contribution in [0.15, 0.2) is 24.3 Å². The van der Waals surface area contributed by atoms with Crippen LogP contribution in [-0.4, -0.2) is 17.6 Å². The summed E-state index contributed by atoms with van der Waals surface area (Å²) in [6.45, 7) is 2.07. The molecule has 0 saturated heterocycles. The van der Waals surface area contributed by atoms with E-state index >= 15 is 0 Å². The number of hydrogen-bond acceptors (Lipinski definition) is 2. The lowest BCUT2D eigenvalue weighted by molar-refractivity contribution is 0.148. The minimum Gasteiger partial charge on any atom is -0.490 e. The molecule has 2 nitrogen and oxygen atoms in total. The van der Waals surface area contributed by atoms with Crippen LogP contribution < -0.4 is 4.74 Å². The van der Waals surface area contributed by atoms with Crippen molar-refractivity contribution in [3.8, 4) is 5.75 Å². The number of para-hydroxylation sites is 1. The maximum absolute atomic E-state index is 6.03. The number of fused-ring (bicyclic) bond motifs is 1. The van der Waals surface area contributed by atoms with E-state index in [1.165, 1.54) is 5.56 Å². The average Bonchev–Trinajstić information content (AvgIpc) is 2.16. The third-order valence-corrected chi connectivity index (χ3v) is 2.83. The molecule has 0 aromatic heterocycles. The van der Waals surface area contributed by atoms with Crippen molar-refractivity contribution in [2.45, 2.75) is 25.5 Å². The summed E-state index contributed by atoms with van der Waals surface area (Å²) in [5.41, 5.74) is 1.18. The Balaban J connectivity index is 2.38. The van der Waals surface area contributed by atoms with Crippen molar-refractivity contribution < 1.29 is 4.74 Å². The lowest BCUT2D eigenvalue weighted by atomic mass is 9.97. The summed E-state index contributed by atoms with van der Waals surface area (Å²) in [7, 11) is 1.89. The van der Waals surface area contributed by atoms with Gasteiger partial charge in [-0.15, -0.1) is 0 Å². The largest absolute Gasteiger partial charge is 0.490 e. The third-order valence-electron chi connectivity index (χ3n) is 2.59. The summed E-state index contributed by atoms with van der Waals surface area (Å²) in [4.78, 5) is 0. The predicted octanol–water partition coefficient (Wildman–Crippen LogP) is 2.98. The Hall–Kier alpha value is -0.730. The van der Waals surface area contributed by atoms with Gasteiger partial charge in [-0.25, -0.2) is 4.42 Å². The van der Waals surface area contributed by atoms with Crippen LogP contribution in [0.3, 0.4) is 0 Å². The van der Waals surface area contributed by atoms with Crippen LogP contribution in [0.1, 0.15) is 24.9 Å². The van der Waals surface area contributed by atoms with Gasteiger partial charge < -0.3 is 4.74 Å². The van der Waals surface area contributed by atoms with Gasteiger partial charge in [-0.2, -0.15) is 0 Å². The fraction of sp³-hybridized carbons (Fsp3) is 0.455. The zero-order chi connectivity index (χ0) is 10.1. The fourth-order valence-electron chi connectivity index (χ4n) is 1.91. The Bertz CT molecular complexity index is 327. The van der Waals surface area contributed by atoms with E-state index in [1.54, 1.807) is 4.42 Å². The van der Waals surface area contributed by atoms with Gasteiger partial charge in [-0.05, 0) is 24.8 Å². The molecule has 3 heteroatoms. The van der Waals surface area contributed by atoms with Crippen LogP contribution in [0.2, 0.25) is 0 Å². The summed E-state index contributed by atoms with van der Waals surface area (Å²) in [6.07, 6.45) is 1.17. The summed E-state index contributed by atoms with van der Waals surface area (Å²) < 4.78 is 7.46. The molecule has 1 heterocycles. The molecule has 14 heavy (non-hydrogen) atoms. The number of benzene rings is 1. The van der Waals surface area contributed by atoms with Crippen molar-refractivity contribution in [3.05, 3.63) is 29.8 Å². The maximum Gasteiger partial charge on any atom is 0.124 e. The normalized spacial score (nSPS) is 25.7. The summed E-state index contributed by atoms with van der Waals surface area (Å²) in [5.74, 6) is 0.962. The third kappa shape index (κ3) is 1.72. The highest BCUT2D eigenvalue weighted by Crippen LogP contribution is 2.38. The van der Waals surface area contributed by atoms with Crippen LogP contribution in [0.4, 0.5) is 0 Å². The number of hydrogen-bond donors (Lipinski definition) is 0. The summed E-state index contributed by atoms with van der Waals surface area (Å²) in [5, 5.41) is 0. The molecule has 2 rings (SSSR count). The monoisotopic (exact) mass is 211 g/mol. The van der Waals surface area contributed by atoms with E-state index in [1.807, 2.05) is 25.2 Å². The molecular weight excluding hydrogens is 198 g/mol. The minimum atomic E-state index is 0.232. The molecule has 0 radical (unpaired) electrons. The average molecular weight is 212 g/mol. The Morgan fingerprint density at radius 2 is 2.14 bits per heavy atom. The van der Waals surface area contributed by atoms with Gasteiger partial charge in [0.25, 0.3) is 0 Å². The van der Waals surface area contributed by atoms with E-state index in [0.717, 1.165) is 12.2 Å². The molecule has 76 valence electrons. The molecule has 0 spiro atoms. The molecule has 1 aliphatic heterocycles. The summed E-state index contributed by atoms with van der Waals surface area (Å²) in [6, 6.07) is 8.34. The highest BCUT2D eigenvalue weighted by Gasteiger charge is 2.27. The highest BCUT2D eigenvalue weighted by atomic mass is 35.5.